The summed E-state index contributed by atoms with van der Waals surface area (Å²) in [6, 6.07) is 4.91. The van der Waals surface area contributed by atoms with Crippen LogP contribution in [0.2, 0.25) is 4.34 Å². The van der Waals surface area contributed by atoms with Gasteiger partial charge in [0.2, 0.25) is 5.91 Å². The third kappa shape index (κ3) is 5.76. The zero-order chi connectivity index (χ0) is 23.5. The van der Waals surface area contributed by atoms with E-state index < -0.39 is 35.5 Å². The largest absolute Gasteiger partial charge is 0.418 e. The molecule has 1 aromatic heterocycles. The van der Waals surface area contributed by atoms with Gasteiger partial charge in [0.05, 0.1) is 27.1 Å². The Morgan fingerprint density at radius 1 is 1.28 bits per heavy atom. The number of ether oxygens (including phenoxy) is 1. The monoisotopic (exact) mass is 490 g/mol. The molecule has 2 aromatic rings. The molecule has 1 fully saturated rings. The van der Waals surface area contributed by atoms with Crippen molar-refractivity contribution in [3.05, 3.63) is 45.1 Å². The van der Waals surface area contributed by atoms with Gasteiger partial charge in [-0.3, -0.25) is 14.4 Å². The summed E-state index contributed by atoms with van der Waals surface area (Å²) in [5, 5.41) is 4.76. The van der Waals surface area contributed by atoms with E-state index in [1.807, 2.05) is 0 Å². The van der Waals surface area contributed by atoms with Crippen LogP contribution in [0.4, 0.5) is 24.5 Å². The van der Waals surface area contributed by atoms with Crippen LogP contribution in [0.15, 0.2) is 30.3 Å². The maximum absolute atomic E-state index is 13.6. The third-order valence-electron chi connectivity index (χ3n) is 4.46. The highest BCUT2D eigenvalue weighted by Crippen LogP contribution is 2.38. The topological polar surface area (TPSA) is 114 Å². The lowest BCUT2D eigenvalue weighted by Gasteiger charge is -2.29. The van der Waals surface area contributed by atoms with E-state index in [0.717, 1.165) is 28.4 Å². The first-order valence-corrected chi connectivity index (χ1v) is 10.4. The second-order valence-corrected chi connectivity index (χ2v) is 8.45. The highest BCUT2D eigenvalue weighted by Gasteiger charge is 2.37. The van der Waals surface area contributed by atoms with Crippen LogP contribution >= 0.6 is 22.9 Å². The Labute approximate surface area is 189 Å². The van der Waals surface area contributed by atoms with Gasteiger partial charge in [0.25, 0.3) is 11.8 Å². The van der Waals surface area contributed by atoms with Crippen LogP contribution in [0.5, 0.6) is 0 Å². The van der Waals surface area contributed by atoms with Gasteiger partial charge in [0.15, 0.2) is 0 Å². The Balaban J connectivity index is 1.68. The molecular formula is C19H18ClF3N4O4S. The summed E-state index contributed by atoms with van der Waals surface area (Å²) in [5.41, 5.74) is 4.19. The molecule has 2 heterocycles. The lowest BCUT2D eigenvalue weighted by atomic mass is 10.1. The molecule has 3 rings (SSSR count). The molecule has 4 N–H and O–H groups in total. The molecule has 32 heavy (non-hydrogen) atoms. The summed E-state index contributed by atoms with van der Waals surface area (Å²) in [6.07, 6.45) is -4.77. The van der Waals surface area contributed by atoms with Gasteiger partial charge in [-0.05, 0) is 30.3 Å². The number of rotatable bonds is 6. The fourth-order valence-corrected chi connectivity index (χ4v) is 3.86. The molecule has 13 heteroatoms. The number of thiophene rings is 1. The molecule has 8 nitrogen and oxygen atoms in total. The molecule has 0 aliphatic carbocycles. The van der Waals surface area contributed by atoms with E-state index in [2.05, 4.69) is 10.6 Å². The molecule has 3 amide bonds. The number of benzene rings is 1. The quantitative estimate of drug-likeness (QED) is 0.575. The van der Waals surface area contributed by atoms with E-state index in [9.17, 15) is 27.6 Å². The Kier molecular flexibility index (Phi) is 7.39. The summed E-state index contributed by atoms with van der Waals surface area (Å²) in [7, 11) is 0. The van der Waals surface area contributed by atoms with Gasteiger partial charge in [-0.1, -0.05) is 11.6 Å². The molecular weight excluding hydrogens is 473 g/mol. The van der Waals surface area contributed by atoms with Crippen LogP contribution in [-0.4, -0.2) is 50.1 Å². The average Bonchev–Trinajstić information content (AvgIpc) is 3.18. The van der Waals surface area contributed by atoms with Gasteiger partial charge < -0.3 is 26.0 Å². The first kappa shape index (κ1) is 24.0. The summed E-state index contributed by atoms with van der Waals surface area (Å²) in [5.74, 6) is -1.87. The minimum Gasteiger partial charge on any atom is -0.370 e. The molecule has 1 atom stereocenters. The zero-order valence-corrected chi connectivity index (χ0v) is 17.9. The van der Waals surface area contributed by atoms with E-state index in [0.29, 0.717) is 9.21 Å². The minimum atomic E-state index is -4.77. The van der Waals surface area contributed by atoms with Crippen LogP contribution in [0.25, 0.3) is 0 Å². The van der Waals surface area contributed by atoms with Crippen LogP contribution in [-0.2, 0) is 20.5 Å². The average molecular weight is 491 g/mol. The lowest BCUT2D eigenvalue weighted by Crippen LogP contribution is -2.45. The number of morpholine rings is 1. The minimum absolute atomic E-state index is 0.0202. The van der Waals surface area contributed by atoms with E-state index in [1.165, 1.54) is 12.1 Å². The van der Waals surface area contributed by atoms with E-state index in [-0.39, 0.29) is 37.7 Å². The molecule has 0 radical (unpaired) electrons. The number of hydrogen-bond acceptors (Lipinski definition) is 6. The van der Waals surface area contributed by atoms with E-state index >= 15 is 0 Å². The standard InChI is InChI=1S/C19H18ClF3N4O4S/c20-15-4-3-14(32-15)18(30)25-8-12(24)17(29)26-10-1-2-13(11(7-10)19(21,22)23)27-5-6-31-9-16(27)28/h1-4,7,12H,5-6,8-9,24H2,(H,25,30)(H,26,29)/t12-/m1/s1. The number of nitrogens with zero attached hydrogens (tertiary/aromatic N) is 1. The van der Waals surface area contributed by atoms with Crippen LogP contribution in [0.3, 0.4) is 0 Å². The number of hydrogen-bond donors (Lipinski definition) is 3. The zero-order valence-electron chi connectivity index (χ0n) is 16.4. The second kappa shape index (κ2) is 9.86. The van der Waals surface area contributed by atoms with Crippen molar-refractivity contribution >= 4 is 52.0 Å². The molecule has 1 saturated heterocycles. The number of nitrogens with one attached hydrogen (secondary N) is 2. The summed E-state index contributed by atoms with van der Waals surface area (Å²) in [6.45, 7) is -0.464. The molecule has 1 aliphatic heterocycles. The fourth-order valence-electron chi connectivity index (χ4n) is 2.90. The van der Waals surface area contributed by atoms with E-state index in [1.54, 1.807) is 6.07 Å². The Hall–Kier alpha value is -2.67. The van der Waals surface area contributed by atoms with E-state index in [4.69, 9.17) is 22.1 Å². The van der Waals surface area contributed by atoms with Crippen molar-refractivity contribution < 1.29 is 32.3 Å². The van der Waals surface area contributed by atoms with Gasteiger partial charge in [0.1, 0.15) is 12.6 Å². The maximum Gasteiger partial charge on any atom is 0.418 e. The Morgan fingerprint density at radius 2 is 2.03 bits per heavy atom. The number of halogens is 4. The van der Waals surface area contributed by atoms with Crippen molar-refractivity contribution in [3.63, 3.8) is 0 Å². The van der Waals surface area contributed by atoms with Crippen molar-refractivity contribution in [2.24, 2.45) is 5.73 Å². The number of amides is 3. The van der Waals surface area contributed by atoms with Gasteiger partial charge >= 0.3 is 6.18 Å². The highest BCUT2D eigenvalue weighted by molar-refractivity contribution is 7.18. The normalized spacial score (nSPS) is 15.4. The molecule has 172 valence electrons. The second-order valence-electron chi connectivity index (χ2n) is 6.74. The number of anilines is 2. The Bertz CT molecular complexity index is 1030. The van der Waals surface area contributed by atoms with Crippen LogP contribution in [0, 0.1) is 0 Å². The van der Waals surface area contributed by atoms with Crippen LogP contribution < -0.4 is 21.3 Å². The first-order valence-electron chi connectivity index (χ1n) is 9.25. The van der Waals surface area contributed by atoms with Gasteiger partial charge in [0, 0.05) is 18.8 Å². The number of carbonyl (C=O) groups is 3. The van der Waals surface area contributed by atoms with Crippen molar-refractivity contribution in [3.8, 4) is 0 Å². The molecule has 1 aliphatic rings. The first-order chi connectivity index (χ1) is 15.1. The van der Waals surface area contributed by atoms with Gasteiger partial charge in [-0.25, -0.2) is 0 Å². The predicted octanol–water partition coefficient (Wildman–Crippen LogP) is 2.48. The van der Waals surface area contributed by atoms with Crippen LogP contribution in [0.1, 0.15) is 15.2 Å². The maximum atomic E-state index is 13.6. The van der Waals surface area contributed by atoms with Crippen molar-refractivity contribution in [1.82, 2.24) is 5.32 Å². The molecule has 0 bridgehead atoms. The number of nitrogens with two attached hydrogens (primary N) is 1. The summed E-state index contributed by atoms with van der Waals surface area (Å²) in [4.78, 5) is 37.6. The number of carbonyl (C=O) groups excluding carboxylic acids is 3. The molecule has 1 aromatic carbocycles. The summed E-state index contributed by atoms with van der Waals surface area (Å²) < 4.78 is 46.2. The third-order valence-corrected chi connectivity index (χ3v) is 5.69. The fraction of sp³-hybridized carbons (Fsp3) is 0.316. The lowest BCUT2D eigenvalue weighted by molar-refractivity contribution is -0.137. The van der Waals surface area contributed by atoms with Crippen molar-refractivity contribution in [1.29, 1.82) is 0 Å². The predicted molar refractivity (Wildman–Crippen MR) is 113 cm³/mol. The van der Waals surface area contributed by atoms with Gasteiger partial charge in [-0.15, -0.1) is 11.3 Å². The molecule has 0 saturated carbocycles. The Morgan fingerprint density at radius 3 is 2.66 bits per heavy atom. The van der Waals surface area contributed by atoms with Gasteiger partial charge in [-0.2, -0.15) is 13.2 Å². The van der Waals surface area contributed by atoms with Crippen molar-refractivity contribution in [2.45, 2.75) is 12.2 Å². The smallest absolute Gasteiger partial charge is 0.370 e. The summed E-state index contributed by atoms with van der Waals surface area (Å²) >= 11 is 6.81. The SMILES string of the molecule is N[C@H](CNC(=O)c1ccc(Cl)s1)C(=O)Nc1ccc(N2CCOCC2=O)c(C(F)(F)F)c1. The highest BCUT2D eigenvalue weighted by atomic mass is 35.5. The van der Waals surface area contributed by atoms with Crippen molar-refractivity contribution in [2.75, 3.05) is 36.5 Å². The molecule has 0 unspecified atom stereocenters. The molecule has 0 spiro atoms. The number of alkyl halides is 3.